The van der Waals surface area contributed by atoms with Crippen LogP contribution in [-0.4, -0.2) is 80.6 Å². The summed E-state index contributed by atoms with van der Waals surface area (Å²) in [7, 11) is 0. The second-order valence-electron chi connectivity index (χ2n) is 10.1. The molecule has 4 fully saturated rings. The molecule has 0 atom stereocenters. The summed E-state index contributed by atoms with van der Waals surface area (Å²) in [6.07, 6.45) is 5.39. The highest BCUT2D eigenvalue weighted by atomic mass is 16.5. The van der Waals surface area contributed by atoms with E-state index in [2.05, 4.69) is 22.0 Å². The van der Waals surface area contributed by atoms with Gasteiger partial charge in [0.1, 0.15) is 0 Å². The molecule has 1 saturated carbocycles. The summed E-state index contributed by atoms with van der Waals surface area (Å²) in [5, 5.41) is 3.08. The SMILES string of the molecule is CCCN1CCN(C(=O)c2ccc(NC(=O)C3CC3)cc2N2CCCC3(COC3)C2)CC1. The van der Waals surface area contributed by atoms with Gasteiger partial charge < -0.3 is 19.9 Å². The summed E-state index contributed by atoms with van der Waals surface area (Å²) in [6.45, 7) is 10.2. The first kappa shape index (κ1) is 21.7. The monoisotopic (exact) mass is 440 g/mol. The fraction of sp³-hybridized carbons (Fsp3) is 0.680. The second-order valence-corrected chi connectivity index (χ2v) is 10.1. The molecule has 3 aliphatic heterocycles. The van der Waals surface area contributed by atoms with E-state index in [1.54, 1.807) is 0 Å². The van der Waals surface area contributed by atoms with E-state index in [0.29, 0.717) is 0 Å². The van der Waals surface area contributed by atoms with Crippen molar-refractivity contribution in [2.45, 2.75) is 39.0 Å². The first-order valence-corrected chi connectivity index (χ1v) is 12.4. The predicted octanol–water partition coefficient (Wildman–Crippen LogP) is 2.82. The minimum atomic E-state index is 0.101. The normalized spacial score (nSPS) is 23.2. The molecule has 0 bridgehead atoms. The third kappa shape index (κ3) is 4.50. The number of piperidine rings is 1. The Morgan fingerprint density at radius 2 is 1.91 bits per heavy atom. The van der Waals surface area contributed by atoms with E-state index in [1.807, 2.05) is 23.1 Å². The molecule has 3 heterocycles. The van der Waals surface area contributed by atoms with Crippen LogP contribution in [0.1, 0.15) is 49.4 Å². The van der Waals surface area contributed by atoms with Gasteiger partial charge in [0.05, 0.1) is 24.5 Å². The van der Waals surface area contributed by atoms with Crippen molar-refractivity contribution in [3.8, 4) is 0 Å². The van der Waals surface area contributed by atoms with E-state index in [4.69, 9.17) is 4.74 Å². The van der Waals surface area contributed by atoms with Crippen molar-refractivity contribution in [3.05, 3.63) is 23.8 Å². The Kier molecular flexibility index (Phi) is 6.12. The quantitative estimate of drug-likeness (QED) is 0.737. The second kappa shape index (κ2) is 9.02. The molecule has 0 radical (unpaired) electrons. The topological polar surface area (TPSA) is 65.1 Å². The number of nitrogens with one attached hydrogen (secondary N) is 1. The number of ether oxygens (including phenoxy) is 1. The van der Waals surface area contributed by atoms with Gasteiger partial charge in [0.25, 0.3) is 5.91 Å². The number of nitrogens with zero attached hydrogens (tertiary/aromatic N) is 3. The fourth-order valence-electron chi connectivity index (χ4n) is 5.34. The summed E-state index contributed by atoms with van der Waals surface area (Å²) < 4.78 is 5.55. The van der Waals surface area contributed by atoms with Crippen LogP contribution in [0.15, 0.2) is 18.2 Å². The number of rotatable bonds is 6. The number of carbonyl (C=O) groups is 2. The molecule has 4 aliphatic rings. The lowest BCUT2D eigenvalue weighted by Gasteiger charge is -2.49. The van der Waals surface area contributed by atoms with Crippen LogP contribution in [0.4, 0.5) is 11.4 Å². The Hall–Kier alpha value is -2.12. The van der Waals surface area contributed by atoms with Crippen LogP contribution in [0.3, 0.4) is 0 Å². The summed E-state index contributed by atoms with van der Waals surface area (Å²) in [4.78, 5) is 32.7. The Bertz CT molecular complexity index is 857. The van der Waals surface area contributed by atoms with Gasteiger partial charge in [-0.1, -0.05) is 6.92 Å². The summed E-state index contributed by atoms with van der Waals surface area (Å²) in [5.74, 6) is 0.370. The molecule has 0 aromatic heterocycles. The number of piperazine rings is 1. The maximum atomic E-state index is 13.6. The highest BCUT2D eigenvalue weighted by molar-refractivity contribution is 6.02. The Morgan fingerprint density at radius 3 is 2.56 bits per heavy atom. The molecular weight excluding hydrogens is 404 g/mol. The van der Waals surface area contributed by atoms with Gasteiger partial charge in [0.2, 0.25) is 5.91 Å². The van der Waals surface area contributed by atoms with Crippen LogP contribution < -0.4 is 10.2 Å². The minimum absolute atomic E-state index is 0.101. The van der Waals surface area contributed by atoms with Gasteiger partial charge in [-0.2, -0.15) is 0 Å². The molecule has 2 amide bonds. The molecule has 7 nitrogen and oxygen atoms in total. The summed E-state index contributed by atoms with van der Waals surface area (Å²) in [5.41, 5.74) is 2.74. The molecule has 174 valence electrons. The third-order valence-corrected chi connectivity index (χ3v) is 7.46. The zero-order valence-corrected chi connectivity index (χ0v) is 19.3. The number of anilines is 2. The minimum Gasteiger partial charge on any atom is -0.380 e. The van der Waals surface area contributed by atoms with Crippen LogP contribution in [0, 0.1) is 11.3 Å². The number of amides is 2. The average molecular weight is 441 g/mol. The Labute approximate surface area is 191 Å². The van der Waals surface area contributed by atoms with Gasteiger partial charge in [-0.05, 0) is 56.8 Å². The molecule has 32 heavy (non-hydrogen) atoms. The number of hydrogen-bond donors (Lipinski definition) is 1. The molecule has 1 spiro atoms. The molecule has 0 unspecified atom stereocenters. The van der Waals surface area contributed by atoms with Crippen molar-refractivity contribution in [2.75, 3.05) is 69.2 Å². The number of hydrogen-bond acceptors (Lipinski definition) is 5. The van der Waals surface area contributed by atoms with Gasteiger partial charge in [-0.15, -0.1) is 0 Å². The highest BCUT2D eigenvalue weighted by Crippen LogP contribution is 2.40. The number of benzene rings is 1. The molecule has 5 rings (SSSR count). The maximum absolute atomic E-state index is 13.6. The van der Waals surface area contributed by atoms with Crippen LogP contribution >= 0.6 is 0 Å². The highest BCUT2D eigenvalue weighted by Gasteiger charge is 2.43. The van der Waals surface area contributed by atoms with Gasteiger partial charge in [-0.25, -0.2) is 0 Å². The van der Waals surface area contributed by atoms with Gasteiger partial charge >= 0.3 is 0 Å². The van der Waals surface area contributed by atoms with Gasteiger partial charge in [0, 0.05) is 56.3 Å². The lowest BCUT2D eigenvalue weighted by molar-refractivity contribution is -0.117. The standard InChI is InChI=1S/C25H36N4O3/c1-2-9-27-11-13-28(14-12-27)24(31)21-7-6-20(26-23(30)19-4-5-19)15-22(21)29-10-3-8-25(16-29)17-32-18-25/h6-7,15,19H,2-5,8-14,16-18H2,1H3,(H,26,30). The molecule has 7 heteroatoms. The smallest absolute Gasteiger partial charge is 0.256 e. The van der Waals surface area contributed by atoms with Gasteiger partial charge in [0.15, 0.2) is 0 Å². The zero-order chi connectivity index (χ0) is 22.1. The Morgan fingerprint density at radius 1 is 1.12 bits per heavy atom. The van der Waals surface area contributed by atoms with Crippen molar-refractivity contribution in [1.82, 2.24) is 9.80 Å². The summed E-state index contributed by atoms with van der Waals surface area (Å²) >= 11 is 0. The lowest BCUT2D eigenvalue weighted by atomic mass is 9.78. The summed E-state index contributed by atoms with van der Waals surface area (Å²) in [6, 6.07) is 5.85. The molecular formula is C25H36N4O3. The van der Waals surface area contributed by atoms with Crippen LogP contribution in [0.25, 0.3) is 0 Å². The van der Waals surface area contributed by atoms with Crippen LogP contribution in [-0.2, 0) is 9.53 Å². The fourth-order valence-corrected chi connectivity index (χ4v) is 5.34. The maximum Gasteiger partial charge on any atom is 0.256 e. The molecule has 1 aliphatic carbocycles. The van der Waals surface area contributed by atoms with Crippen molar-refractivity contribution in [2.24, 2.45) is 11.3 Å². The first-order valence-electron chi connectivity index (χ1n) is 12.4. The molecule has 1 aromatic rings. The number of carbonyl (C=O) groups excluding carboxylic acids is 2. The van der Waals surface area contributed by atoms with Crippen molar-refractivity contribution < 1.29 is 14.3 Å². The van der Waals surface area contributed by atoms with Crippen LogP contribution in [0.5, 0.6) is 0 Å². The zero-order valence-electron chi connectivity index (χ0n) is 19.3. The van der Waals surface area contributed by atoms with E-state index >= 15 is 0 Å². The van der Waals surface area contributed by atoms with E-state index < -0.39 is 0 Å². The molecule has 1 N–H and O–H groups in total. The van der Waals surface area contributed by atoms with E-state index in [0.717, 1.165) is 102 Å². The van der Waals surface area contributed by atoms with Crippen molar-refractivity contribution in [1.29, 1.82) is 0 Å². The first-order chi connectivity index (χ1) is 15.6. The molecule has 1 aromatic carbocycles. The average Bonchev–Trinajstić information content (AvgIpc) is 3.64. The van der Waals surface area contributed by atoms with Crippen molar-refractivity contribution in [3.63, 3.8) is 0 Å². The predicted molar refractivity (Wildman–Crippen MR) is 125 cm³/mol. The Balaban J connectivity index is 1.38. The van der Waals surface area contributed by atoms with Crippen molar-refractivity contribution >= 4 is 23.2 Å². The van der Waals surface area contributed by atoms with Gasteiger partial charge in [-0.3, -0.25) is 14.5 Å². The van der Waals surface area contributed by atoms with E-state index in [-0.39, 0.29) is 23.1 Å². The van der Waals surface area contributed by atoms with E-state index in [9.17, 15) is 9.59 Å². The third-order valence-electron chi connectivity index (χ3n) is 7.46. The largest absolute Gasteiger partial charge is 0.380 e. The van der Waals surface area contributed by atoms with E-state index in [1.165, 1.54) is 6.42 Å². The van der Waals surface area contributed by atoms with Crippen LogP contribution in [0.2, 0.25) is 0 Å². The molecule has 3 saturated heterocycles. The lowest BCUT2D eigenvalue weighted by Crippen LogP contribution is -2.54.